The molecular formula is C20H34. The summed E-state index contributed by atoms with van der Waals surface area (Å²) in [5, 5.41) is 0. The molecule has 2 rings (SSSR count). The molecule has 0 saturated carbocycles. The molecule has 0 fully saturated rings. The quantitative estimate of drug-likeness (QED) is 0.482. The maximum Gasteiger partial charge on any atom is -0.0398 e. The zero-order valence-corrected chi connectivity index (χ0v) is 14.8. The van der Waals surface area contributed by atoms with Gasteiger partial charge in [-0.3, -0.25) is 0 Å². The predicted octanol–water partition coefficient (Wildman–Crippen LogP) is 7.07. The van der Waals surface area contributed by atoms with Gasteiger partial charge in [0.05, 0.1) is 0 Å². The molecule has 2 aromatic carbocycles. The minimum atomic E-state index is 1.33. The Labute approximate surface area is 127 Å². The van der Waals surface area contributed by atoms with Crippen molar-refractivity contribution in [2.24, 2.45) is 0 Å². The molecule has 0 aliphatic carbocycles. The van der Waals surface area contributed by atoms with Crippen molar-refractivity contribution in [1.29, 1.82) is 0 Å². The third kappa shape index (κ3) is 18.8. The van der Waals surface area contributed by atoms with Crippen LogP contribution in [0.25, 0.3) is 0 Å². The molecule has 0 heteroatoms. The van der Waals surface area contributed by atoms with Gasteiger partial charge in [0.1, 0.15) is 0 Å². The van der Waals surface area contributed by atoms with E-state index >= 15 is 0 Å². The minimum absolute atomic E-state index is 1.33. The van der Waals surface area contributed by atoms with Crippen LogP contribution < -0.4 is 0 Å². The largest absolute Gasteiger partial charge is 0.0683 e. The second-order valence-corrected chi connectivity index (χ2v) is 3.31. The summed E-state index contributed by atoms with van der Waals surface area (Å²) in [6.45, 7) is 16.2. The first-order chi connectivity index (χ1) is 9.79. The highest BCUT2D eigenvalue weighted by Gasteiger charge is 1.79. The fourth-order valence-electron chi connectivity index (χ4n) is 1.02. The maximum absolute atomic E-state index is 2.12. The molecule has 0 nitrogen and oxygen atoms in total. The molecule has 0 aliphatic heterocycles. The predicted molar refractivity (Wildman–Crippen MR) is 96.4 cm³/mol. The van der Waals surface area contributed by atoms with E-state index in [0.29, 0.717) is 0 Å². The Bertz CT molecular complexity index is 284. The summed E-state index contributed by atoms with van der Waals surface area (Å²) < 4.78 is 0. The molecule has 0 spiro atoms. The van der Waals surface area contributed by atoms with E-state index in [9.17, 15) is 0 Å². The SMILES string of the molecule is CC.CC.CC.Cc1ccc(C)cc1.c1ccccc1. The molecule has 0 radical (unpaired) electrons. The third-order valence-electron chi connectivity index (χ3n) is 1.88. The lowest BCUT2D eigenvalue weighted by atomic mass is 10.2. The van der Waals surface area contributed by atoms with Gasteiger partial charge < -0.3 is 0 Å². The fraction of sp³-hybridized carbons (Fsp3) is 0.400. The summed E-state index contributed by atoms with van der Waals surface area (Å²) in [5.74, 6) is 0. The zero-order chi connectivity index (χ0) is 16.2. The number of aryl methyl sites for hydroxylation is 2. The number of benzene rings is 2. The highest BCUT2D eigenvalue weighted by atomic mass is 13.9. The molecule has 0 heterocycles. The summed E-state index contributed by atoms with van der Waals surface area (Å²) >= 11 is 0. The monoisotopic (exact) mass is 274 g/mol. The van der Waals surface area contributed by atoms with Crippen LogP contribution in [0, 0.1) is 13.8 Å². The molecule has 0 N–H and O–H groups in total. The maximum atomic E-state index is 2.12. The molecule has 20 heavy (non-hydrogen) atoms. The number of hydrogen-bond donors (Lipinski definition) is 0. The van der Waals surface area contributed by atoms with Crippen molar-refractivity contribution < 1.29 is 0 Å². The second kappa shape index (κ2) is 22.6. The lowest BCUT2D eigenvalue weighted by molar-refractivity contribution is 1.40. The van der Waals surface area contributed by atoms with E-state index < -0.39 is 0 Å². The summed E-state index contributed by atoms with van der Waals surface area (Å²) in [4.78, 5) is 0. The van der Waals surface area contributed by atoms with Crippen LogP contribution in [0.5, 0.6) is 0 Å². The van der Waals surface area contributed by atoms with Gasteiger partial charge in [0.15, 0.2) is 0 Å². The van der Waals surface area contributed by atoms with Crippen molar-refractivity contribution >= 4 is 0 Å². The van der Waals surface area contributed by atoms with E-state index in [0.717, 1.165) is 0 Å². The first-order valence-corrected chi connectivity index (χ1v) is 7.82. The van der Waals surface area contributed by atoms with Crippen LogP contribution in [0.4, 0.5) is 0 Å². The summed E-state index contributed by atoms with van der Waals surface area (Å²) in [6.07, 6.45) is 0. The van der Waals surface area contributed by atoms with Crippen molar-refractivity contribution in [3.05, 3.63) is 71.8 Å². The van der Waals surface area contributed by atoms with Crippen LogP contribution in [0.15, 0.2) is 60.7 Å². The Morgan fingerprint density at radius 1 is 0.400 bits per heavy atom. The lowest BCUT2D eigenvalue weighted by Crippen LogP contribution is -1.70. The molecule has 114 valence electrons. The Balaban J connectivity index is -0.000000215. The average molecular weight is 274 g/mol. The Kier molecular flexibility index (Phi) is 26.6. The van der Waals surface area contributed by atoms with Gasteiger partial charge in [-0.1, -0.05) is 113 Å². The third-order valence-corrected chi connectivity index (χ3v) is 1.88. The van der Waals surface area contributed by atoms with E-state index in [1.165, 1.54) is 11.1 Å². The van der Waals surface area contributed by atoms with E-state index in [2.05, 4.69) is 38.1 Å². The Morgan fingerprint density at radius 3 is 0.700 bits per heavy atom. The van der Waals surface area contributed by atoms with Gasteiger partial charge in [-0.25, -0.2) is 0 Å². The molecule has 0 amide bonds. The molecule has 0 atom stereocenters. The van der Waals surface area contributed by atoms with Gasteiger partial charge in [0.25, 0.3) is 0 Å². The molecule has 0 aliphatic rings. The van der Waals surface area contributed by atoms with Crippen molar-refractivity contribution in [3.63, 3.8) is 0 Å². The normalized spacial score (nSPS) is 7.00. The Morgan fingerprint density at radius 2 is 0.550 bits per heavy atom. The second-order valence-electron chi connectivity index (χ2n) is 3.31. The summed E-state index contributed by atoms with van der Waals surface area (Å²) in [6, 6.07) is 20.5. The van der Waals surface area contributed by atoms with Crippen molar-refractivity contribution in [2.75, 3.05) is 0 Å². The van der Waals surface area contributed by atoms with Gasteiger partial charge in [0, 0.05) is 0 Å². The smallest absolute Gasteiger partial charge is 0.0398 e. The van der Waals surface area contributed by atoms with Crippen molar-refractivity contribution in [3.8, 4) is 0 Å². The van der Waals surface area contributed by atoms with Gasteiger partial charge in [-0.05, 0) is 13.8 Å². The van der Waals surface area contributed by atoms with Crippen LogP contribution >= 0.6 is 0 Å². The summed E-state index contributed by atoms with van der Waals surface area (Å²) in [5.41, 5.74) is 2.66. The van der Waals surface area contributed by atoms with Crippen molar-refractivity contribution in [1.82, 2.24) is 0 Å². The average Bonchev–Trinajstić information content (AvgIpc) is 2.58. The standard InChI is InChI=1S/C8H10.C6H6.3C2H6/c1-7-3-5-8(2)6-4-7;1-2-4-6-5-3-1;3*1-2/h3-6H,1-2H3;1-6H;3*1-2H3. The van der Waals surface area contributed by atoms with Crippen LogP contribution in [0.2, 0.25) is 0 Å². The molecular weight excluding hydrogens is 240 g/mol. The topological polar surface area (TPSA) is 0 Å². The molecule has 0 bridgehead atoms. The van der Waals surface area contributed by atoms with Gasteiger partial charge in [0.2, 0.25) is 0 Å². The molecule has 2 aromatic rings. The van der Waals surface area contributed by atoms with Crippen LogP contribution in [-0.4, -0.2) is 0 Å². The molecule has 0 saturated heterocycles. The van der Waals surface area contributed by atoms with Crippen LogP contribution in [0.1, 0.15) is 52.7 Å². The highest BCUT2D eigenvalue weighted by molar-refractivity contribution is 5.19. The van der Waals surface area contributed by atoms with E-state index in [1.54, 1.807) is 0 Å². The van der Waals surface area contributed by atoms with E-state index in [-0.39, 0.29) is 0 Å². The first-order valence-electron chi connectivity index (χ1n) is 7.82. The fourth-order valence-corrected chi connectivity index (χ4v) is 1.02. The minimum Gasteiger partial charge on any atom is -0.0683 e. The van der Waals surface area contributed by atoms with Gasteiger partial charge in [-0.15, -0.1) is 0 Å². The van der Waals surface area contributed by atoms with Crippen LogP contribution in [-0.2, 0) is 0 Å². The van der Waals surface area contributed by atoms with E-state index in [4.69, 9.17) is 0 Å². The Hall–Kier alpha value is -1.56. The lowest BCUT2D eigenvalue weighted by Gasteiger charge is -1.90. The first kappa shape index (κ1) is 23.5. The van der Waals surface area contributed by atoms with Crippen molar-refractivity contribution in [2.45, 2.75) is 55.4 Å². The number of hydrogen-bond acceptors (Lipinski definition) is 0. The van der Waals surface area contributed by atoms with Crippen LogP contribution in [0.3, 0.4) is 0 Å². The zero-order valence-electron chi connectivity index (χ0n) is 14.8. The molecule has 0 unspecified atom stereocenters. The van der Waals surface area contributed by atoms with E-state index in [1.807, 2.05) is 77.9 Å². The summed E-state index contributed by atoms with van der Waals surface area (Å²) in [7, 11) is 0. The number of rotatable bonds is 0. The van der Waals surface area contributed by atoms with Gasteiger partial charge in [-0.2, -0.15) is 0 Å². The van der Waals surface area contributed by atoms with Gasteiger partial charge >= 0.3 is 0 Å². The molecule has 0 aromatic heterocycles. The highest BCUT2D eigenvalue weighted by Crippen LogP contribution is 1.99.